The van der Waals surface area contributed by atoms with Crippen molar-refractivity contribution in [2.24, 2.45) is 0 Å². The second-order valence-corrected chi connectivity index (χ2v) is 2.56. The van der Waals surface area contributed by atoms with E-state index in [2.05, 4.69) is 20.1 Å². The lowest BCUT2D eigenvalue weighted by Gasteiger charge is -1.96. The van der Waals surface area contributed by atoms with Gasteiger partial charge in [0.15, 0.2) is 16.3 Å². The number of carbonyl (C=O) groups is 1. The lowest BCUT2D eigenvalue weighted by Crippen LogP contribution is -1.96. The van der Waals surface area contributed by atoms with Gasteiger partial charge >= 0.3 is 5.97 Å². The Labute approximate surface area is 73.6 Å². The second kappa shape index (κ2) is 3.53. The van der Waals surface area contributed by atoms with E-state index in [4.69, 9.17) is 0 Å². The van der Waals surface area contributed by atoms with E-state index in [1.807, 2.05) is 19.1 Å². The molecule has 2 nitrogen and oxygen atoms in total. The van der Waals surface area contributed by atoms with E-state index in [0.717, 1.165) is 5.56 Å². The van der Waals surface area contributed by atoms with Crippen LogP contribution in [0.1, 0.15) is 15.9 Å². The van der Waals surface area contributed by atoms with Crippen molar-refractivity contribution in [3.8, 4) is 0 Å². The van der Waals surface area contributed by atoms with Crippen LogP contribution in [0.15, 0.2) is 24.3 Å². The van der Waals surface area contributed by atoms with Crippen LogP contribution in [0, 0.1) is 6.92 Å². The number of benzene rings is 1. The summed E-state index contributed by atoms with van der Waals surface area (Å²) < 4.78 is 4.36. The van der Waals surface area contributed by atoms with Gasteiger partial charge in [0.2, 0.25) is 0 Å². The van der Waals surface area contributed by atoms with Crippen molar-refractivity contribution in [1.82, 2.24) is 0 Å². The highest BCUT2D eigenvalue weighted by Crippen LogP contribution is 2.06. The number of hydrogen-bond donors (Lipinski definition) is 0. The molecule has 0 bridgehead atoms. The van der Waals surface area contributed by atoms with Crippen LogP contribution in [0.3, 0.4) is 0 Å². The first kappa shape index (κ1) is 8.27. The number of hydrogen-bond acceptors (Lipinski definition) is 2. The first-order chi connectivity index (χ1) is 5.24. The smallest absolute Gasteiger partial charge is 0.349 e. The first-order valence-electron chi connectivity index (χ1n) is 3.13. The summed E-state index contributed by atoms with van der Waals surface area (Å²) in [5, 5.41) is 0. The zero-order valence-corrected chi connectivity index (χ0v) is 7.59. The van der Waals surface area contributed by atoms with E-state index in [9.17, 15) is 4.79 Å². The lowest BCUT2D eigenvalue weighted by molar-refractivity contribution is 0.0782. The van der Waals surface area contributed by atoms with Crippen LogP contribution >= 0.6 is 16.3 Å². The summed E-state index contributed by atoms with van der Waals surface area (Å²) in [6.07, 6.45) is 0. The fourth-order valence-electron chi connectivity index (χ4n) is 0.817. The quantitative estimate of drug-likeness (QED) is 0.719. The third-order valence-electron chi connectivity index (χ3n) is 1.32. The average Bonchev–Trinajstić information content (AvgIpc) is 2.03. The maximum atomic E-state index is 10.9. The third kappa shape index (κ3) is 2.05. The number of rotatable bonds is 1. The van der Waals surface area contributed by atoms with Crippen molar-refractivity contribution in [3.05, 3.63) is 35.4 Å². The van der Waals surface area contributed by atoms with Crippen LogP contribution in [0.2, 0.25) is 0 Å². The van der Waals surface area contributed by atoms with Crippen LogP contribution in [-0.4, -0.2) is 5.97 Å². The standard InChI is InChI=1S/C8H7BrO2/c1-6-3-2-4-7(5-6)8(10)11-9/h2-5H,1H3. The zero-order valence-electron chi connectivity index (χ0n) is 6.00. The molecule has 0 N–H and O–H groups in total. The van der Waals surface area contributed by atoms with Gasteiger partial charge in [0.1, 0.15) is 0 Å². The summed E-state index contributed by atoms with van der Waals surface area (Å²) in [6, 6.07) is 7.21. The Morgan fingerprint density at radius 3 is 2.82 bits per heavy atom. The Kier molecular flexibility index (Phi) is 2.65. The molecule has 0 aliphatic heterocycles. The Morgan fingerprint density at radius 1 is 1.55 bits per heavy atom. The SMILES string of the molecule is Cc1cccc(C(=O)OBr)c1. The fourth-order valence-corrected chi connectivity index (χ4v) is 1.00. The largest absolute Gasteiger partial charge is 0.380 e. The molecular formula is C8H7BrO2. The Hall–Kier alpha value is -0.830. The van der Waals surface area contributed by atoms with Crippen LogP contribution < -0.4 is 0 Å². The van der Waals surface area contributed by atoms with Crippen molar-refractivity contribution in [1.29, 1.82) is 0 Å². The molecule has 1 aromatic rings. The van der Waals surface area contributed by atoms with Crippen LogP contribution in [0.4, 0.5) is 0 Å². The van der Waals surface area contributed by atoms with Gasteiger partial charge in [0.05, 0.1) is 5.56 Å². The van der Waals surface area contributed by atoms with E-state index in [1.165, 1.54) is 0 Å². The number of aryl methyl sites for hydroxylation is 1. The Morgan fingerprint density at radius 2 is 2.27 bits per heavy atom. The Bertz CT molecular complexity index is 271. The molecule has 0 atom stereocenters. The summed E-state index contributed by atoms with van der Waals surface area (Å²) in [5.74, 6) is -0.367. The van der Waals surface area contributed by atoms with E-state index < -0.39 is 0 Å². The number of carbonyl (C=O) groups excluding carboxylic acids is 1. The van der Waals surface area contributed by atoms with Gasteiger partial charge in [0, 0.05) is 0 Å². The maximum absolute atomic E-state index is 10.9. The summed E-state index contributed by atoms with van der Waals surface area (Å²) in [4.78, 5) is 10.9. The highest BCUT2D eigenvalue weighted by Gasteiger charge is 2.03. The van der Waals surface area contributed by atoms with Crippen LogP contribution in [-0.2, 0) is 3.83 Å². The molecule has 0 heterocycles. The van der Waals surface area contributed by atoms with Gasteiger partial charge in [-0.15, -0.1) is 0 Å². The monoisotopic (exact) mass is 214 g/mol. The second-order valence-electron chi connectivity index (χ2n) is 2.23. The predicted molar refractivity (Wildman–Crippen MR) is 45.5 cm³/mol. The molecule has 1 aromatic carbocycles. The molecule has 3 heteroatoms. The van der Waals surface area contributed by atoms with E-state index in [1.54, 1.807) is 12.1 Å². The van der Waals surface area contributed by atoms with E-state index in [-0.39, 0.29) is 5.97 Å². The highest BCUT2D eigenvalue weighted by atomic mass is 79.9. The molecule has 0 saturated heterocycles. The molecule has 0 spiro atoms. The van der Waals surface area contributed by atoms with E-state index in [0.29, 0.717) is 5.56 Å². The van der Waals surface area contributed by atoms with Crippen molar-refractivity contribution >= 4 is 22.2 Å². The van der Waals surface area contributed by atoms with Crippen molar-refractivity contribution < 1.29 is 8.62 Å². The molecule has 58 valence electrons. The van der Waals surface area contributed by atoms with Gasteiger partial charge in [-0.3, -0.25) is 0 Å². The summed E-state index contributed by atoms with van der Waals surface area (Å²) in [7, 11) is 0. The number of halogens is 1. The minimum Gasteiger partial charge on any atom is -0.380 e. The molecule has 0 unspecified atom stereocenters. The Balaban J connectivity index is 2.96. The minimum absolute atomic E-state index is 0.367. The maximum Gasteiger partial charge on any atom is 0.349 e. The van der Waals surface area contributed by atoms with Gasteiger partial charge in [-0.05, 0) is 19.1 Å². The van der Waals surface area contributed by atoms with Crippen molar-refractivity contribution in [2.45, 2.75) is 6.92 Å². The van der Waals surface area contributed by atoms with Crippen LogP contribution in [0.25, 0.3) is 0 Å². The zero-order chi connectivity index (χ0) is 8.27. The first-order valence-corrected chi connectivity index (χ1v) is 3.78. The molecular weight excluding hydrogens is 208 g/mol. The topological polar surface area (TPSA) is 26.3 Å². The summed E-state index contributed by atoms with van der Waals surface area (Å²) >= 11 is 2.63. The van der Waals surface area contributed by atoms with Gasteiger partial charge in [0.25, 0.3) is 0 Å². The van der Waals surface area contributed by atoms with Gasteiger partial charge in [-0.2, -0.15) is 0 Å². The highest BCUT2D eigenvalue weighted by molar-refractivity contribution is 9.06. The lowest BCUT2D eigenvalue weighted by atomic mass is 10.1. The molecule has 0 amide bonds. The summed E-state index contributed by atoms with van der Waals surface area (Å²) in [6.45, 7) is 1.92. The molecule has 0 saturated carbocycles. The summed E-state index contributed by atoms with van der Waals surface area (Å²) in [5.41, 5.74) is 1.60. The molecule has 1 rings (SSSR count). The van der Waals surface area contributed by atoms with Gasteiger partial charge < -0.3 is 3.83 Å². The van der Waals surface area contributed by atoms with Crippen molar-refractivity contribution in [3.63, 3.8) is 0 Å². The normalized spacial score (nSPS) is 9.27. The average molecular weight is 215 g/mol. The molecule has 0 aliphatic rings. The minimum atomic E-state index is -0.367. The van der Waals surface area contributed by atoms with Crippen molar-refractivity contribution in [2.75, 3.05) is 0 Å². The van der Waals surface area contributed by atoms with E-state index >= 15 is 0 Å². The predicted octanol–water partition coefficient (Wildman–Crippen LogP) is 2.46. The van der Waals surface area contributed by atoms with Gasteiger partial charge in [-0.1, -0.05) is 17.7 Å². The molecule has 0 aromatic heterocycles. The molecule has 0 fully saturated rings. The fraction of sp³-hybridized carbons (Fsp3) is 0.125. The third-order valence-corrected chi connectivity index (χ3v) is 1.62. The molecule has 0 radical (unpaired) electrons. The molecule has 0 aliphatic carbocycles. The van der Waals surface area contributed by atoms with Crippen LogP contribution in [0.5, 0.6) is 0 Å². The van der Waals surface area contributed by atoms with Gasteiger partial charge in [-0.25, -0.2) is 4.79 Å². The molecule has 11 heavy (non-hydrogen) atoms.